The standard InChI is InChI=1S/C12H16O/c1-4-9-13-12-8-6-7-10(3)11(12)5-2/h5-8H,2,4,9H2,1,3H3. The van der Waals surface area contributed by atoms with Crippen LogP contribution in [0.1, 0.15) is 24.5 Å². The molecule has 1 aromatic rings. The van der Waals surface area contributed by atoms with E-state index in [9.17, 15) is 0 Å². The number of hydrogen-bond acceptors (Lipinski definition) is 1. The van der Waals surface area contributed by atoms with Crippen molar-refractivity contribution in [1.82, 2.24) is 0 Å². The Morgan fingerprint density at radius 2 is 2.23 bits per heavy atom. The van der Waals surface area contributed by atoms with Gasteiger partial charge < -0.3 is 4.74 Å². The van der Waals surface area contributed by atoms with Gasteiger partial charge in [0.15, 0.2) is 0 Å². The quantitative estimate of drug-likeness (QED) is 0.683. The van der Waals surface area contributed by atoms with Crippen LogP contribution in [0.15, 0.2) is 24.8 Å². The molecule has 1 nitrogen and oxygen atoms in total. The van der Waals surface area contributed by atoms with Crippen LogP contribution in [-0.4, -0.2) is 6.61 Å². The number of hydrogen-bond donors (Lipinski definition) is 0. The van der Waals surface area contributed by atoms with Gasteiger partial charge in [-0.15, -0.1) is 0 Å². The van der Waals surface area contributed by atoms with Gasteiger partial charge in [-0.05, 0) is 25.0 Å². The first-order valence-electron chi connectivity index (χ1n) is 4.64. The molecular weight excluding hydrogens is 160 g/mol. The molecule has 0 N–H and O–H groups in total. The van der Waals surface area contributed by atoms with Gasteiger partial charge in [0.25, 0.3) is 0 Å². The molecule has 1 aromatic carbocycles. The molecule has 0 spiro atoms. The summed E-state index contributed by atoms with van der Waals surface area (Å²) < 4.78 is 5.59. The molecule has 0 heterocycles. The predicted molar refractivity (Wildman–Crippen MR) is 57.1 cm³/mol. The summed E-state index contributed by atoms with van der Waals surface area (Å²) in [7, 11) is 0. The highest BCUT2D eigenvalue weighted by atomic mass is 16.5. The van der Waals surface area contributed by atoms with Gasteiger partial charge in [0.05, 0.1) is 6.61 Å². The average molecular weight is 176 g/mol. The molecule has 0 fully saturated rings. The van der Waals surface area contributed by atoms with Crippen molar-refractivity contribution in [2.75, 3.05) is 6.61 Å². The predicted octanol–water partition coefficient (Wildman–Crippen LogP) is 3.43. The lowest BCUT2D eigenvalue weighted by Gasteiger charge is -2.09. The zero-order valence-corrected chi connectivity index (χ0v) is 8.34. The zero-order valence-electron chi connectivity index (χ0n) is 8.34. The monoisotopic (exact) mass is 176 g/mol. The Morgan fingerprint density at radius 3 is 2.85 bits per heavy atom. The van der Waals surface area contributed by atoms with Gasteiger partial charge in [0.1, 0.15) is 5.75 Å². The van der Waals surface area contributed by atoms with E-state index in [-0.39, 0.29) is 0 Å². The second kappa shape index (κ2) is 4.70. The number of rotatable bonds is 4. The van der Waals surface area contributed by atoms with E-state index in [4.69, 9.17) is 4.74 Å². The van der Waals surface area contributed by atoms with Crippen molar-refractivity contribution in [2.45, 2.75) is 20.3 Å². The van der Waals surface area contributed by atoms with Gasteiger partial charge in [-0.3, -0.25) is 0 Å². The SMILES string of the molecule is C=Cc1c(C)cccc1OCCC. The second-order valence-corrected chi connectivity index (χ2v) is 3.04. The van der Waals surface area contributed by atoms with Crippen LogP contribution < -0.4 is 4.74 Å². The van der Waals surface area contributed by atoms with Crippen LogP contribution in [0.3, 0.4) is 0 Å². The maximum absolute atomic E-state index is 5.59. The first-order chi connectivity index (χ1) is 6.29. The fourth-order valence-electron chi connectivity index (χ4n) is 1.25. The third-order valence-corrected chi connectivity index (χ3v) is 1.95. The molecule has 0 saturated carbocycles. The van der Waals surface area contributed by atoms with Gasteiger partial charge in [-0.1, -0.05) is 31.7 Å². The fourth-order valence-corrected chi connectivity index (χ4v) is 1.25. The van der Waals surface area contributed by atoms with Crippen LogP contribution in [-0.2, 0) is 0 Å². The van der Waals surface area contributed by atoms with Crippen molar-refractivity contribution in [3.05, 3.63) is 35.9 Å². The van der Waals surface area contributed by atoms with E-state index < -0.39 is 0 Å². The van der Waals surface area contributed by atoms with Crippen molar-refractivity contribution in [3.8, 4) is 5.75 Å². The largest absolute Gasteiger partial charge is 0.493 e. The normalized spacial score (nSPS) is 9.69. The summed E-state index contributed by atoms with van der Waals surface area (Å²) >= 11 is 0. The van der Waals surface area contributed by atoms with E-state index in [0.29, 0.717) is 0 Å². The lowest BCUT2D eigenvalue weighted by Crippen LogP contribution is -1.97. The van der Waals surface area contributed by atoms with Crippen molar-refractivity contribution in [2.24, 2.45) is 0 Å². The van der Waals surface area contributed by atoms with Crippen LogP contribution in [0.25, 0.3) is 6.08 Å². The average Bonchev–Trinajstić information content (AvgIpc) is 2.15. The third kappa shape index (κ3) is 2.35. The van der Waals surface area contributed by atoms with Gasteiger partial charge >= 0.3 is 0 Å². The molecule has 1 rings (SSSR count). The molecule has 70 valence electrons. The first kappa shape index (κ1) is 9.85. The molecule has 0 bridgehead atoms. The minimum absolute atomic E-state index is 0.768. The van der Waals surface area contributed by atoms with Crippen LogP contribution >= 0.6 is 0 Å². The van der Waals surface area contributed by atoms with E-state index >= 15 is 0 Å². The smallest absolute Gasteiger partial charge is 0.126 e. The van der Waals surface area contributed by atoms with Gasteiger partial charge in [-0.25, -0.2) is 0 Å². The Bertz CT molecular complexity index is 289. The summed E-state index contributed by atoms with van der Waals surface area (Å²) in [6.07, 6.45) is 2.88. The van der Waals surface area contributed by atoms with E-state index in [2.05, 4.69) is 26.5 Å². The number of ether oxygens (including phenoxy) is 1. The molecular formula is C12H16O. The van der Waals surface area contributed by atoms with Crippen molar-refractivity contribution in [1.29, 1.82) is 0 Å². The summed E-state index contributed by atoms with van der Waals surface area (Å²) in [4.78, 5) is 0. The summed E-state index contributed by atoms with van der Waals surface area (Å²) in [5.74, 6) is 0.942. The number of aryl methyl sites for hydroxylation is 1. The van der Waals surface area contributed by atoms with Crippen LogP contribution in [0.2, 0.25) is 0 Å². The lowest BCUT2D eigenvalue weighted by molar-refractivity contribution is 0.316. The highest BCUT2D eigenvalue weighted by molar-refractivity contribution is 5.59. The second-order valence-electron chi connectivity index (χ2n) is 3.04. The highest BCUT2D eigenvalue weighted by Crippen LogP contribution is 2.22. The minimum Gasteiger partial charge on any atom is -0.493 e. The Balaban J connectivity index is 2.91. The first-order valence-corrected chi connectivity index (χ1v) is 4.64. The molecule has 0 aliphatic rings. The van der Waals surface area contributed by atoms with Crippen LogP contribution in [0.4, 0.5) is 0 Å². The number of benzene rings is 1. The van der Waals surface area contributed by atoms with E-state index in [1.165, 1.54) is 5.56 Å². The molecule has 0 aliphatic carbocycles. The third-order valence-electron chi connectivity index (χ3n) is 1.95. The minimum atomic E-state index is 0.768. The fraction of sp³-hybridized carbons (Fsp3) is 0.333. The molecule has 1 heteroatoms. The molecule has 0 amide bonds. The van der Waals surface area contributed by atoms with Gasteiger partial charge in [0, 0.05) is 5.56 Å². The summed E-state index contributed by atoms with van der Waals surface area (Å²) in [6.45, 7) is 8.71. The molecule has 0 atom stereocenters. The summed E-state index contributed by atoms with van der Waals surface area (Å²) in [5, 5.41) is 0. The molecule has 0 aliphatic heterocycles. The Morgan fingerprint density at radius 1 is 1.46 bits per heavy atom. The molecule has 13 heavy (non-hydrogen) atoms. The van der Waals surface area contributed by atoms with Gasteiger partial charge in [0.2, 0.25) is 0 Å². The lowest BCUT2D eigenvalue weighted by atomic mass is 10.1. The van der Waals surface area contributed by atoms with E-state index in [1.807, 2.05) is 18.2 Å². The molecule has 0 aromatic heterocycles. The highest BCUT2D eigenvalue weighted by Gasteiger charge is 2.01. The van der Waals surface area contributed by atoms with Crippen molar-refractivity contribution in [3.63, 3.8) is 0 Å². The topological polar surface area (TPSA) is 9.23 Å². The van der Waals surface area contributed by atoms with Crippen molar-refractivity contribution < 1.29 is 4.74 Å². The molecule has 0 radical (unpaired) electrons. The Labute approximate surface area is 80.0 Å². The Hall–Kier alpha value is -1.24. The summed E-state index contributed by atoms with van der Waals surface area (Å²) in [6, 6.07) is 6.06. The Kier molecular flexibility index (Phi) is 3.56. The van der Waals surface area contributed by atoms with Gasteiger partial charge in [-0.2, -0.15) is 0 Å². The molecule has 0 saturated heterocycles. The maximum atomic E-state index is 5.59. The molecule has 0 unspecified atom stereocenters. The van der Waals surface area contributed by atoms with Crippen molar-refractivity contribution >= 4 is 6.08 Å². The van der Waals surface area contributed by atoms with Crippen LogP contribution in [0, 0.1) is 6.92 Å². The zero-order chi connectivity index (χ0) is 9.68. The van der Waals surface area contributed by atoms with Crippen LogP contribution in [0.5, 0.6) is 5.75 Å². The van der Waals surface area contributed by atoms with E-state index in [0.717, 1.165) is 24.3 Å². The maximum Gasteiger partial charge on any atom is 0.126 e. The van der Waals surface area contributed by atoms with E-state index in [1.54, 1.807) is 0 Å². The summed E-state index contributed by atoms with van der Waals surface area (Å²) in [5.41, 5.74) is 2.32.